The molecule has 0 aliphatic rings. The zero-order chi connectivity index (χ0) is 12.3. The zero-order valence-electron chi connectivity index (χ0n) is 10.4. The fourth-order valence-corrected chi connectivity index (χ4v) is 1.76. The summed E-state index contributed by atoms with van der Waals surface area (Å²) in [4.78, 5) is 4.14. The Morgan fingerprint density at radius 1 is 1.18 bits per heavy atom. The topological polar surface area (TPSA) is 51.0 Å². The van der Waals surface area contributed by atoms with Crippen molar-refractivity contribution in [2.75, 3.05) is 0 Å². The van der Waals surface area contributed by atoms with Crippen LogP contribution in [0.5, 0.6) is 0 Å². The quantitative estimate of drug-likeness (QED) is 0.877. The van der Waals surface area contributed by atoms with Crippen molar-refractivity contribution in [1.29, 1.82) is 0 Å². The van der Waals surface area contributed by atoms with Gasteiger partial charge in [0.05, 0.1) is 6.54 Å². The van der Waals surface area contributed by atoms with E-state index < -0.39 is 0 Å². The molecule has 0 aliphatic heterocycles. The largest absolute Gasteiger partial charge is 0.338 e. The van der Waals surface area contributed by atoms with Gasteiger partial charge in [-0.3, -0.25) is 0 Å². The van der Waals surface area contributed by atoms with Gasteiger partial charge >= 0.3 is 0 Å². The molecule has 0 saturated heterocycles. The molecule has 0 fully saturated rings. The van der Waals surface area contributed by atoms with Gasteiger partial charge in [0, 0.05) is 6.54 Å². The van der Waals surface area contributed by atoms with Gasteiger partial charge in [-0.1, -0.05) is 28.9 Å². The fourth-order valence-electron chi connectivity index (χ4n) is 1.76. The van der Waals surface area contributed by atoms with E-state index in [-0.39, 0.29) is 0 Å². The van der Waals surface area contributed by atoms with Crippen molar-refractivity contribution in [3.8, 4) is 0 Å². The van der Waals surface area contributed by atoms with Gasteiger partial charge in [-0.05, 0) is 31.9 Å². The summed E-state index contributed by atoms with van der Waals surface area (Å²) >= 11 is 0. The fraction of sp³-hybridized carbons (Fsp3) is 0.385. The third-order valence-corrected chi connectivity index (χ3v) is 2.66. The van der Waals surface area contributed by atoms with Crippen LogP contribution in [0.2, 0.25) is 0 Å². The highest BCUT2D eigenvalue weighted by Gasteiger charge is 2.02. The molecule has 1 heterocycles. The predicted octanol–water partition coefficient (Wildman–Crippen LogP) is 2.28. The number of hydrogen-bond acceptors (Lipinski definition) is 4. The number of aromatic nitrogens is 2. The molecule has 0 spiro atoms. The van der Waals surface area contributed by atoms with E-state index in [1.165, 1.54) is 16.7 Å². The molecule has 0 atom stereocenters. The molecular formula is C13H17N3O. The number of hydrogen-bond donors (Lipinski definition) is 1. The van der Waals surface area contributed by atoms with Gasteiger partial charge in [0.15, 0.2) is 5.82 Å². The Morgan fingerprint density at radius 3 is 2.65 bits per heavy atom. The van der Waals surface area contributed by atoms with Gasteiger partial charge in [0.25, 0.3) is 0 Å². The van der Waals surface area contributed by atoms with Crippen molar-refractivity contribution in [3.63, 3.8) is 0 Å². The summed E-state index contributed by atoms with van der Waals surface area (Å²) in [6, 6.07) is 6.46. The lowest BCUT2D eigenvalue weighted by atomic mass is 10.1. The minimum absolute atomic E-state index is 0.605. The molecule has 0 radical (unpaired) electrons. The Labute approximate surface area is 101 Å². The number of aryl methyl sites for hydroxylation is 3. The van der Waals surface area contributed by atoms with Gasteiger partial charge in [0.2, 0.25) is 5.89 Å². The molecule has 90 valence electrons. The summed E-state index contributed by atoms with van der Waals surface area (Å²) in [5.41, 5.74) is 3.89. The van der Waals surface area contributed by atoms with Crippen LogP contribution in [0.4, 0.5) is 0 Å². The average Bonchev–Trinajstić information content (AvgIpc) is 2.68. The second kappa shape index (κ2) is 5.10. The van der Waals surface area contributed by atoms with Crippen LogP contribution in [0.1, 0.15) is 28.4 Å². The SMILES string of the molecule is Cc1ccc(CNCc2nc(C)no2)c(C)c1. The summed E-state index contributed by atoms with van der Waals surface area (Å²) in [7, 11) is 0. The highest BCUT2D eigenvalue weighted by Crippen LogP contribution is 2.10. The van der Waals surface area contributed by atoms with Crippen molar-refractivity contribution in [2.24, 2.45) is 0 Å². The lowest BCUT2D eigenvalue weighted by Crippen LogP contribution is -2.13. The lowest BCUT2D eigenvalue weighted by Gasteiger charge is -2.07. The Hall–Kier alpha value is -1.68. The molecule has 0 bridgehead atoms. The molecule has 17 heavy (non-hydrogen) atoms. The zero-order valence-corrected chi connectivity index (χ0v) is 10.4. The van der Waals surface area contributed by atoms with Gasteiger partial charge < -0.3 is 9.84 Å². The highest BCUT2D eigenvalue weighted by atomic mass is 16.5. The number of benzene rings is 1. The molecule has 1 aromatic heterocycles. The molecule has 1 aromatic carbocycles. The maximum absolute atomic E-state index is 5.03. The summed E-state index contributed by atoms with van der Waals surface area (Å²) in [5, 5.41) is 7.04. The summed E-state index contributed by atoms with van der Waals surface area (Å²) in [6.45, 7) is 7.46. The molecule has 2 aromatic rings. The van der Waals surface area contributed by atoms with E-state index in [2.05, 4.69) is 47.5 Å². The van der Waals surface area contributed by atoms with Gasteiger partial charge in [-0.15, -0.1) is 0 Å². The van der Waals surface area contributed by atoms with Crippen molar-refractivity contribution in [3.05, 3.63) is 46.6 Å². The summed E-state index contributed by atoms with van der Waals surface area (Å²) in [5.74, 6) is 1.31. The molecule has 2 rings (SSSR count). The van der Waals surface area contributed by atoms with Gasteiger partial charge in [0.1, 0.15) is 0 Å². The van der Waals surface area contributed by atoms with Crippen LogP contribution in [-0.4, -0.2) is 10.1 Å². The van der Waals surface area contributed by atoms with Crippen molar-refractivity contribution < 1.29 is 4.52 Å². The third kappa shape index (κ3) is 3.14. The van der Waals surface area contributed by atoms with Crippen LogP contribution in [0.3, 0.4) is 0 Å². The first kappa shape index (κ1) is 11.8. The predicted molar refractivity (Wildman–Crippen MR) is 65.5 cm³/mol. The van der Waals surface area contributed by atoms with Gasteiger partial charge in [-0.25, -0.2) is 0 Å². The number of rotatable bonds is 4. The first-order chi connectivity index (χ1) is 8.15. The van der Waals surface area contributed by atoms with E-state index in [4.69, 9.17) is 4.52 Å². The lowest BCUT2D eigenvalue weighted by molar-refractivity contribution is 0.364. The molecule has 0 aliphatic carbocycles. The molecule has 1 N–H and O–H groups in total. The van der Waals surface area contributed by atoms with Crippen LogP contribution >= 0.6 is 0 Å². The van der Waals surface area contributed by atoms with Crippen LogP contribution in [0, 0.1) is 20.8 Å². The second-order valence-electron chi connectivity index (χ2n) is 4.27. The smallest absolute Gasteiger partial charge is 0.240 e. The van der Waals surface area contributed by atoms with Gasteiger partial charge in [-0.2, -0.15) is 4.98 Å². The minimum atomic E-state index is 0.605. The monoisotopic (exact) mass is 231 g/mol. The molecule has 0 saturated carbocycles. The molecule has 0 unspecified atom stereocenters. The Kier molecular flexibility index (Phi) is 3.54. The Bertz CT molecular complexity index is 505. The standard InChI is InChI=1S/C13H17N3O/c1-9-4-5-12(10(2)6-9)7-14-8-13-15-11(3)16-17-13/h4-6,14H,7-8H2,1-3H3. The third-order valence-electron chi connectivity index (χ3n) is 2.66. The first-order valence-electron chi connectivity index (χ1n) is 5.71. The van der Waals surface area contributed by atoms with Crippen molar-refractivity contribution >= 4 is 0 Å². The van der Waals surface area contributed by atoms with E-state index in [1.807, 2.05) is 6.92 Å². The summed E-state index contributed by atoms with van der Waals surface area (Å²) in [6.07, 6.45) is 0. The molecule has 0 amide bonds. The maximum Gasteiger partial charge on any atom is 0.240 e. The van der Waals surface area contributed by atoms with Crippen molar-refractivity contribution in [2.45, 2.75) is 33.9 Å². The van der Waals surface area contributed by atoms with E-state index in [9.17, 15) is 0 Å². The molecule has 4 heteroatoms. The summed E-state index contributed by atoms with van der Waals surface area (Å²) < 4.78 is 5.03. The van der Waals surface area contributed by atoms with E-state index >= 15 is 0 Å². The second-order valence-corrected chi connectivity index (χ2v) is 4.27. The first-order valence-corrected chi connectivity index (χ1v) is 5.71. The van der Waals surface area contributed by atoms with Crippen LogP contribution in [0.25, 0.3) is 0 Å². The average molecular weight is 231 g/mol. The Morgan fingerprint density at radius 2 is 2.00 bits per heavy atom. The van der Waals surface area contributed by atoms with Crippen LogP contribution < -0.4 is 5.32 Å². The van der Waals surface area contributed by atoms with E-state index in [0.29, 0.717) is 18.3 Å². The number of nitrogens with one attached hydrogen (secondary N) is 1. The molecule has 4 nitrogen and oxygen atoms in total. The minimum Gasteiger partial charge on any atom is -0.338 e. The highest BCUT2D eigenvalue weighted by molar-refractivity contribution is 5.30. The van der Waals surface area contributed by atoms with E-state index in [1.54, 1.807) is 0 Å². The van der Waals surface area contributed by atoms with Crippen LogP contribution in [0.15, 0.2) is 22.7 Å². The maximum atomic E-state index is 5.03. The van der Waals surface area contributed by atoms with Crippen LogP contribution in [-0.2, 0) is 13.1 Å². The normalized spacial score (nSPS) is 10.8. The Balaban J connectivity index is 1.90. The number of nitrogens with zero attached hydrogens (tertiary/aromatic N) is 2. The molecular weight excluding hydrogens is 214 g/mol. The van der Waals surface area contributed by atoms with Crippen molar-refractivity contribution in [1.82, 2.24) is 15.5 Å². The van der Waals surface area contributed by atoms with E-state index in [0.717, 1.165) is 6.54 Å².